The molecule has 0 radical (unpaired) electrons. The number of benzene rings is 1. The molecule has 7 heteroatoms. The number of carbonyl (C=O) groups excluding carboxylic acids is 1. The minimum atomic E-state index is -3.35. The molecule has 6 nitrogen and oxygen atoms in total. The highest BCUT2D eigenvalue weighted by molar-refractivity contribution is 7.92. The first-order valence-electron chi connectivity index (χ1n) is 6.07. The summed E-state index contributed by atoms with van der Waals surface area (Å²) in [5.74, 6) is -0.224. The first-order chi connectivity index (χ1) is 8.98. The number of nitrogens with one attached hydrogen (secondary N) is 2. The first-order valence-corrected chi connectivity index (χ1v) is 7.72. The molecule has 0 aromatic heterocycles. The van der Waals surface area contributed by atoms with Gasteiger partial charge in [0.25, 0.3) is 5.91 Å². The van der Waals surface area contributed by atoms with E-state index in [-0.39, 0.29) is 11.7 Å². The summed E-state index contributed by atoms with van der Waals surface area (Å²) in [6.45, 7) is 2.52. The fraction of sp³-hybridized carbons (Fsp3) is 0.417. The molecule has 1 rings (SSSR count). The van der Waals surface area contributed by atoms with E-state index in [4.69, 9.17) is 5.73 Å². The average Bonchev–Trinajstić information content (AvgIpc) is 2.35. The minimum Gasteiger partial charge on any atom is -0.351 e. The van der Waals surface area contributed by atoms with Crippen molar-refractivity contribution >= 4 is 21.6 Å². The highest BCUT2D eigenvalue weighted by Crippen LogP contribution is 2.12. The van der Waals surface area contributed by atoms with Gasteiger partial charge >= 0.3 is 0 Å². The lowest BCUT2D eigenvalue weighted by Gasteiger charge is -2.09. The SMILES string of the molecule is CCCS(=O)(=O)Nc1cccc(C(=O)NCCN)c1. The van der Waals surface area contributed by atoms with Gasteiger partial charge in [-0.2, -0.15) is 0 Å². The highest BCUT2D eigenvalue weighted by atomic mass is 32.2. The molecular weight excluding hydrogens is 266 g/mol. The number of hydrogen-bond acceptors (Lipinski definition) is 4. The summed E-state index contributed by atoms with van der Waals surface area (Å²) in [7, 11) is -3.35. The van der Waals surface area contributed by atoms with E-state index in [2.05, 4.69) is 10.0 Å². The van der Waals surface area contributed by atoms with Gasteiger partial charge in [0.05, 0.1) is 5.75 Å². The Morgan fingerprint density at radius 1 is 1.37 bits per heavy atom. The van der Waals surface area contributed by atoms with Crippen molar-refractivity contribution < 1.29 is 13.2 Å². The normalized spacial score (nSPS) is 11.1. The second kappa shape index (κ2) is 7.10. The van der Waals surface area contributed by atoms with E-state index < -0.39 is 10.0 Å². The van der Waals surface area contributed by atoms with Crippen LogP contribution in [0.5, 0.6) is 0 Å². The molecule has 4 N–H and O–H groups in total. The second-order valence-electron chi connectivity index (χ2n) is 4.05. The van der Waals surface area contributed by atoms with Gasteiger partial charge < -0.3 is 11.1 Å². The molecule has 1 aromatic rings. The molecule has 0 atom stereocenters. The number of hydrogen-bond donors (Lipinski definition) is 3. The van der Waals surface area contributed by atoms with Crippen molar-refractivity contribution in [3.63, 3.8) is 0 Å². The van der Waals surface area contributed by atoms with Gasteiger partial charge in [-0.25, -0.2) is 8.42 Å². The number of nitrogens with two attached hydrogens (primary N) is 1. The molecular formula is C12H19N3O3S. The molecule has 106 valence electrons. The van der Waals surface area contributed by atoms with E-state index >= 15 is 0 Å². The van der Waals surface area contributed by atoms with E-state index in [0.717, 1.165) is 0 Å². The molecule has 0 spiro atoms. The fourth-order valence-electron chi connectivity index (χ4n) is 1.51. The molecule has 0 unspecified atom stereocenters. The summed E-state index contributed by atoms with van der Waals surface area (Å²) in [5.41, 5.74) is 6.07. The van der Waals surface area contributed by atoms with Crippen LogP contribution in [0.2, 0.25) is 0 Å². The van der Waals surface area contributed by atoms with Crippen molar-refractivity contribution in [2.75, 3.05) is 23.6 Å². The molecule has 0 saturated heterocycles. The van der Waals surface area contributed by atoms with Gasteiger partial charge in [0.15, 0.2) is 0 Å². The molecule has 0 aliphatic heterocycles. The number of carbonyl (C=O) groups is 1. The third-order valence-corrected chi connectivity index (χ3v) is 3.79. The number of anilines is 1. The topological polar surface area (TPSA) is 101 Å². The summed E-state index contributed by atoms with van der Waals surface area (Å²) in [6, 6.07) is 6.34. The zero-order valence-corrected chi connectivity index (χ0v) is 11.7. The third kappa shape index (κ3) is 5.27. The lowest BCUT2D eigenvalue weighted by Crippen LogP contribution is -2.29. The summed E-state index contributed by atoms with van der Waals surface area (Å²) in [4.78, 5) is 11.7. The number of rotatable bonds is 7. The Hall–Kier alpha value is -1.60. The van der Waals surface area contributed by atoms with Crippen LogP contribution in [0.25, 0.3) is 0 Å². The van der Waals surface area contributed by atoms with Crippen molar-refractivity contribution in [1.29, 1.82) is 0 Å². The second-order valence-corrected chi connectivity index (χ2v) is 5.89. The zero-order chi connectivity index (χ0) is 14.3. The lowest BCUT2D eigenvalue weighted by molar-refractivity contribution is 0.0955. The van der Waals surface area contributed by atoms with Crippen molar-refractivity contribution in [2.45, 2.75) is 13.3 Å². The minimum absolute atomic E-state index is 0.0522. The van der Waals surface area contributed by atoms with Crippen molar-refractivity contribution in [2.24, 2.45) is 5.73 Å². The van der Waals surface area contributed by atoms with Crippen molar-refractivity contribution in [1.82, 2.24) is 5.32 Å². The van der Waals surface area contributed by atoms with E-state index in [1.807, 2.05) is 0 Å². The maximum Gasteiger partial charge on any atom is 0.251 e. The Balaban J connectivity index is 2.80. The molecule has 0 heterocycles. The predicted octanol–water partition coefficient (Wildman–Crippen LogP) is 0.527. The van der Waals surface area contributed by atoms with Crippen LogP contribution in [-0.2, 0) is 10.0 Å². The van der Waals surface area contributed by atoms with Gasteiger partial charge in [-0.15, -0.1) is 0 Å². The largest absolute Gasteiger partial charge is 0.351 e. The standard InChI is InChI=1S/C12H19N3O3S/c1-2-8-19(17,18)15-11-5-3-4-10(9-11)12(16)14-7-6-13/h3-5,9,15H,2,6-8,13H2,1H3,(H,14,16). The van der Waals surface area contributed by atoms with Crippen LogP contribution in [0, 0.1) is 0 Å². The predicted molar refractivity (Wildman–Crippen MR) is 75.5 cm³/mol. The quantitative estimate of drug-likeness (QED) is 0.680. The summed E-state index contributed by atoms with van der Waals surface area (Å²) >= 11 is 0. The van der Waals surface area contributed by atoms with Crippen LogP contribution in [-0.4, -0.2) is 33.2 Å². The first kappa shape index (κ1) is 15.5. The molecule has 1 aromatic carbocycles. The molecule has 0 fully saturated rings. The average molecular weight is 285 g/mol. The summed E-state index contributed by atoms with van der Waals surface area (Å²) in [5, 5.41) is 2.62. The van der Waals surface area contributed by atoms with Gasteiger partial charge in [-0.05, 0) is 24.6 Å². The smallest absolute Gasteiger partial charge is 0.251 e. The van der Waals surface area contributed by atoms with Crippen molar-refractivity contribution in [3.8, 4) is 0 Å². The molecule has 1 amide bonds. The van der Waals surface area contributed by atoms with Crippen LogP contribution in [0.4, 0.5) is 5.69 Å². The van der Waals surface area contributed by atoms with Crippen LogP contribution in [0.1, 0.15) is 23.7 Å². The highest BCUT2D eigenvalue weighted by Gasteiger charge is 2.10. The van der Waals surface area contributed by atoms with E-state index in [1.165, 1.54) is 6.07 Å². The van der Waals surface area contributed by atoms with Gasteiger partial charge in [0.2, 0.25) is 10.0 Å². The number of sulfonamides is 1. The van der Waals surface area contributed by atoms with Crippen LogP contribution in [0.3, 0.4) is 0 Å². The fourth-order valence-corrected chi connectivity index (χ4v) is 2.64. The zero-order valence-electron chi connectivity index (χ0n) is 10.8. The maximum atomic E-state index is 11.7. The molecule has 0 saturated carbocycles. The summed E-state index contributed by atoms with van der Waals surface area (Å²) in [6.07, 6.45) is 0.534. The Kier molecular flexibility index (Phi) is 5.78. The number of amides is 1. The lowest BCUT2D eigenvalue weighted by atomic mass is 10.2. The maximum absolute atomic E-state index is 11.7. The van der Waals surface area contributed by atoms with E-state index in [9.17, 15) is 13.2 Å². The van der Waals surface area contributed by atoms with Crippen LogP contribution < -0.4 is 15.8 Å². The van der Waals surface area contributed by atoms with Crippen LogP contribution >= 0.6 is 0 Å². The monoisotopic (exact) mass is 285 g/mol. The molecule has 0 aliphatic rings. The van der Waals surface area contributed by atoms with Crippen LogP contribution in [0.15, 0.2) is 24.3 Å². The molecule has 19 heavy (non-hydrogen) atoms. The van der Waals surface area contributed by atoms with E-state index in [1.54, 1.807) is 25.1 Å². The Bertz CT molecular complexity index is 529. The Labute approximate surface area is 113 Å². The van der Waals surface area contributed by atoms with Gasteiger partial charge in [0, 0.05) is 24.3 Å². The van der Waals surface area contributed by atoms with E-state index in [0.29, 0.717) is 30.8 Å². The third-order valence-electron chi connectivity index (χ3n) is 2.30. The van der Waals surface area contributed by atoms with Gasteiger partial charge in [0.1, 0.15) is 0 Å². The summed E-state index contributed by atoms with van der Waals surface area (Å²) < 4.78 is 25.7. The molecule has 0 bridgehead atoms. The Morgan fingerprint density at radius 2 is 2.11 bits per heavy atom. The van der Waals surface area contributed by atoms with Gasteiger partial charge in [-0.1, -0.05) is 13.0 Å². The molecule has 0 aliphatic carbocycles. The Morgan fingerprint density at radius 3 is 2.74 bits per heavy atom. The van der Waals surface area contributed by atoms with Gasteiger partial charge in [-0.3, -0.25) is 9.52 Å². The van der Waals surface area contributed by atoms with Crippen molar-refractivity contribution in [3.05, 3.63) is 29.8 Å².